The summed E-state index contributed by atoms with van der Waals surface area (Å²) >= 11 is 0. The van der Waals surface area contributed by atoms with Gasteiger partial charge in [0, 0.05) is 30.1 Å². The number of methoxy groups -OCH3 is 1. The summed E-state index contributed by atoms with van der Waals surface area (Å²) in [5.74, 6) is 0.836. The minimum absolute atomic E-state index is 0.0212. The second-order valence-corrected chi connectivity index (χ2v) is 10.3. The molecule has 1 fully saturated rings. The third kappa shape index (κ3) is 6.15. The molecule has 2 N–H and O–H groups in total. The fraction of sp³-hybridized carbons (Fsp3) is 0.265. The molecule has 38 heavy (non-hydrogen) atoms. The quantitative estimate of drug-likeness (QED) is 0.265. The lowest BCUT2D eigenvalue weighted by Crippen LogP contribution is -2.46. The molecular formula is C34H36N2O2. The summed E-state index contributed by atoms with van der Waals surface area (Å²) in [7, 11) is 1.70. The van der Waals surface area contributed by atoms with Crippen LogP contribution in [-0.2, 0) is 12.0 Å². The number of hydrogen-bond donors (Lipinski definition) is 2. The largest absolute Gasteiger partial charge is 0.497 e. The molecule has 0 aromatic heterocycles. The number of carbonyl (C=O) groups excluding carboxylic acids is 1. The average Bonchev–Trinajstić information content (AvgIpc) is 3.00. The first kappa shape index (κ1) is 25.7. The van der Waals surface area contributed by atoms with Crippen LogP contribution in [0.1, 0.15) is 47.2 Å². The van der Waals surface area contributed by atoms with Crippen LogP contribution in [0.2, 0.25) is 0 Å². The molecule has 4 heteroatoms. The van der Waals surface area contributed by atoms with Gasteiger partial charge >= 0.3 is 0 Å². The van der Waals surface area contributed by atoms with Crippen molar-refractivity contribution in [1.29, 1.82) is 0 Å². The molecule has 1 amide bonds. The van der Waals surface area contributed by atoms with Crippen LogP contribution in [0.5, 0.6) is 5.75 Å². The van der Waals surface area contributed by atoms with Gasteiger partial charge in [-0.05, 0) is 72.2 Å². The molecule has 5 rings (SSSR count). The summed E-state index contributed by atoms with van der Waals surface area (Å²) in [6.07, 6.45) is 4.11. The van der Waals surface area contributed by atoms with E-state index in [-0.39, 0.29) is 11.3 Å². The number of benzene rings is 4. The Morgan fingerprint density at radius 2 is 1.47 bits per heavy atom. The normalized spacial score (nSPS) is 19.0. The summed E-state index contributed by atoms with van der Waals surface area (Å²) in [4.78, 5) is 12.9. The maximum atomic E-state index is 12.9. The molecule has 4 aromatic carbocycles. The summed E-state index contributed by atoms with van der Waals surface area (Å²) < 4.78 is 5.53. The highest BCUT2D eigenvalue weighted by Gasteiger charge is 2.37. The van der Waals surface area contributed by atoms with Gasteiger partial charge in [0.05, 0.1) is 7.11 Å². The van der Waals surface area contributed by atoms with E-state index < -0.39 is 0 Å². The van der Waals surface area contributed by atoms with Gasteiger partial charge in [0.15, 0.2) is 0 Å². The lowest BCUT2D eigenvalue weighted by Gasteiger charge is -2.41. The van der Waals surface area contributed by atoms with Crippen molar-refractivity contribution in [2.45, 2.75) is 43.7 Å². The molecule has 0 radical (unpaired) electrons. The highest BCUT2D eigenvalue weighted by molar-refractivity contribution is 5.94. The van der Waals surface area contributed by atoms with Crippen LogP contribution in [0.25, 0.3) is 11.1 Å². The van der Waals surface area contributed by atoms with Crippen molar-refractivity contribution in [3.63, 3.8) is 0 Å². The SMILES string of the molecule is COc1cccc(C2(CNC(=O)c3ccccc3)CCC(NCc3ccc(-c4ccccc4)cc3)CC2)c1. The minimum atomic E-state index is -0.117. The first-order valence-electron chi connectivity index (χ1n) is 13.5. The molecule has 0 atom stereocenters. The van der Waals surface area contributed by atoms with E-state index >= 15 is 0 Å². The number of rotatable bonds is 9. The Labute approximate surface area is 226 Å². The first-order valence-corrected chi connectivity index (χ1v) is 13.5. The fourth-order valence-electron chi connectivity index (χ4n) is 5.54. The molecule has 0 unspecified atom stereocenters. The topological polar surface area (TPSA) is 50.4 Å². The zero-order valence-electron chi connectivity index (χ0n) is 22.0. The van der Waals surface area contributed by atoms with E-state index in [1.54, 1.807) is 7.11 Å². The summed E-state index contributed by atoms with van der Waals surface area (Å²) in [6, 6.07) is 37.6. The minimum Gasteiger partial charge on any atom is -0.497 e. The first-order chi connectivity index (χ1) is 18.6. The Balaban J connectivity index is 1.22. The van der Waals surface area contributed by atoms with E-state index in [0.717, 1.165) is 38.0 Å². The molecule has 4 aromatic rings. The Hall–Kier alpha value is -3.89. The van der Waals surface area contributed by atoms with E-state index in [1.165, 1.54) is 22.3 Å². The van der Waals surface area contributed by atoms with Gasteiger partial charge < -0.3 is 15.4 Å². The van der Waals surface area contributed by atoms with Crippen LogP contribution in [0.4, 0.5) is 0 Å². The van der Waals surface area contributed by atoms with Gasteiger partial charge in [-0.1, -0.05) is 84.9 Å². The highest BCUT2D eigenvalue weighted by Crippen LogP contribution is 2.40. The van der Waals surface area contributed by atoms with Gasteiger partial charge in [0.1, 0.15) is 5.75 Å². The van der Waals surface area contributed by atoms with Crippen LogP contribution >= 0.6 is 0 Å². The number of amides is 1. The van der Waals surface area contributed by atoms with E-state index in [4.69, 9.17) is 4.74 Å². The maximum absolute atomic E-state index is 12.9. The summed E-state index contributed by atoms with van der Waals surface area (Å²) in [6.45, 7) is 1.47. The van der Waals surface area contributed by atoms with Crippen LogP contribution in [0.3, 0.4) is 0 Å². The van der Waals surface area contributed by atoms with Crippen LogP contribution < -0.4 is 15.4 Å². The Bertz CT molecular complexity index is 1310. The molecule has 194 valence electrons. The van der Waals surface area contributed by atoms with Gasteiger partial charge in [-0.25, -0.2) is 0 Å². The Kier molecular flexibility index (Phi) is 8.20. The van der Waals surface area contributed by atoms with E-state index in [2.05, 4.69) is 77.4 Å². The van der Waals surface area contributed by atoms with E-state index in [1.807, 2.05) is 42.5 Å². The van der Waals surface area contributed by atoms with Crippen LogP contribution in [0.15, 0.2) is 109 Å². The maximum Gasteiger partial charge on any atom is 0.251 e. The monoisotopic (exact) mass is 504 g/mol. The predicted octanol–water partition coefficient (Wildman–Crippen LogP) is 6.76. The van der Waals surface area contributed by atoms with E-state index in [9.17, 15) is 4.79 Å². The molecule has 0 heterocycles. The number of carbonyl (C=O) groups is 1. The van der Waals surface area contributed by atoms with Crippen molar-refractivity contribution in [1.82, 2.24) is 10.6 Å². The second kappa shape index (κ2) is 12.1. The van der Waals surface area contributed by atoms with Gasteiger partial charge in [0.2, 0.25) is 0 Å². The fourth-order valence-corrected chi connectivity index (χ4v) is 5.54. The lowest BCUT2D eigenvalue weighted by molar-refractivity contribution is 0.0934. The summed E-state index contributed by atoms with van der Waals surface area (Å²) in [5.41, 5.74) is 5.60. The number of nitrogens with one attached hydrogen (secondary N) is 2. The predicted molar refractivity (Wildman–Crippen MR) is 154 cm³/mol. The molecule has 1 aliphatic carbocycles. The van der Waals surface area contributed by atoms with Gasteiger partial charge in [-0.3, -0.25) is 4.79 Å². The van der Waals surface area contributed by atoms with Crippen molar-refractivity contribution >= 4 is 5.91 Å². The average molecular weight is 505 g/mol. The van der Waals surface area contributed by atoms with Gasteiger partial charge in [0.25, 0.3) is 5.91 Å². The lowest BCUT2D eigenvalue weighted by atomic mass is 9.68. The van der Waals surface area contributed by atoms with Crippen molar-refractivity contribution < 1.29 is 9.53 Å². The molecule has 1 saturated carbocycles. The standard InChI is InChI=1S/C34H36N2O2/c1-38-32-14-8-13-30(23-32)34(25-36-33(37)29-11-6-3-7-12-29)21-19-31(20-22-34)35-24-26-15-17-28(18-16-26)27-9-4-2-5-10-27/h2-18,23,31,35H,19-22,24-25H2,1H3,(H,36,37). The Morgan fingerprint density at radius 1 is 0.816 bits per heavy atom. The molecule has 1 aliphatic rings. The zero-order chi connectivity index (χ0) is 26.2. The zero-order valence-corrected chi connectivity index (χ0v) is 22.0. The van der Waals surface area contributed by atoms with Crippen molar-refractivity contribution in [3.05, 3.63) is 126 Å². The van der Waals surface area contributed by atoms with Crippen molar-refractivity contribution in [2.24, 2.45) is 0 Å². The summed E-state index contributed by atoms with van der Waals surface area (Å²) in [5, 5.41) is 7.02. The smallest absolute Gasteiger partial charge is 0.251 e. The third-order valence-electron chi connectivity index (χ3n) is 7.90. The molecule has 0 saturated heterocycles. The van der Waals surface area contributed by atoms with Crippen LogP contribution in [-0.4, -0.2) is 25.6 Å². The van der Waals surface area contributed by atoms with E-state index in [0.29, 0.717) is 18.2 Å². The number of hydrogen-bond acceptors (Lipinski definition) is 3. The second-order valence-electron chi connectivity index (χ2n) is 10.3. The van der Waals surface area contributed by atoms with Gasteiger partial charge in [-0.15, -0.1) is 0 Å². The van der Waals surface area contributed by atoms with Gasteiger partial charge in [-0.2, -0.15) is 0 Å². The third-order valence-corrected chi connectivity index (χ3v) is 7.90. The number of ether oxygens (including phenoxy) is 1. The van der Waals surface area contributed by atoms with Crippen molar-refractivity contribution in [3.8, 4) is 16.9 Å². The molecule has 0 aliphatic heterocycles. The van der Waals surface area contributed by atoms with Crippen LogP contribution in [0, 0.1) is 0 Å². The molecule has 0 spiro atoms. The molecule has 0 bridgehead atoms. The highest BCUT2D eigenvalue weighted by atomic mass is 16.5. The Morgan fingerprint density at radius 3 is 2.16 bits per heavy atom. The molecule has 4 nitrogen and oxygen atoms in total. The molecular weight excluding hydrogens is 468 g/mol. The van der Waals surface area contributed by atoms with Crippen molar-refractivity contribution in [2.75, 3.05) is 13.7 Å².